The highest BCUT2D eigenvalue weighted by molar-refractivity contribution is 6.14. The van der Waals surface area contributed by atoms with E-state index in [1.807, 2.05) is 18.2 Å². The molecule has 2 fully saturated rings. The third kappa shape index (κ3) is 2.43. The van der Waals surface area contributed by atoms with E-state index in [-0.39, 0.29) is 30.3 Å². The standard InChI is InChI=1S/C19H22N2O3/c22-17-12-18(23)21(19(24)20(17)14-8-2-3-9-14)16-11-5-7-13-6-1-4-10-15(13)16/h1,4,6,10,14,16H,2-3,5,7-9,11-12H2. The third-order valence-corrected chi connectivity index (χ3v) is 5.59. The lowest BCUT2D eigenvalue weighted by atomic mass is 9.86. The Bertz CT molecular complexity index is 694. The number of carbonyl (C=O) groups excluding carboxylic acids is 3. The Morgan fingerprint density at radius 3 is 2.33 bits per heavy atom. The number of amides is 4. The number of fused-ring (bicyclic) bond motifs is 1. The lowest BCUT2D eigenvalue weighted by Crippen LogP contribution is -2.58. The first-order valence-electron chi connectivity index (χ1n) is 8.92. The first-order valence-corrected chi connectivity index (χ1v) is 8.92. The van der Waals surface area contributed by atoms with E-state index in [1.54, 1.807) is 0 Å². The molecule has 4 rings (SSSR count). The van der Waals surface area contributed by atoms with Gasteiger partial charge in [-0.3, -0.25) is 19.4 Å². The van der Waals surface area contributed by atoms with Gasteiger partial charge in [-0.05, 0) is 43.2 Å². The molecule has 24 heavy (non-hydrogen) atoms. The predicted molar refractivity (Wildman–Crippen MR) is 88.1 cm³/mol. The molecule has 4 amide bonds. The van der Waals surface area contributed by atoms with Crippen molar-refractivity contribution in [3.8, 4) is 0 Å². The molecule has 1 atom stereocenters. The second-order valence-electron chi connectivity index (χ2n) is 7.03. The number of aryl methyl sites for hydroxylation is 1. The van der Waals surface area contributed by atoms with E-state index in [0.717, 1.165) is 50.5 Å². The fourth-order valence-electron chi connectivity index (χ4n) is 4.46. The average Bonchev–Trinajstić information content (AvgIpc) is 3.09. The van der Waals surface area contributed by atoms with Crippen LogP contribution in [0.2, 0.25) is 0 Å². The number of hydrogen-bond acceptors (Lipinski definition) is 3. The second-order valence-corrected chi connectivity index (χ2v) is 7.03. The van der Waals surface area contributed by atoms with Gasteiger partial charge in [-0.15, -0.1) is 0 Å². The van der Waals surface area contributed by atoms with Gasteiger partial charge in [-0.25, -0.2) is 4.79 Å². The van der Waals surface area contributed by atoms with Gasteiger partial charge in [0.1, 0.15) is 6.42 Å². The van der Waals surface area contributed by atoms with Crippen LogP contribution in [0.25, 0.3) is 0 Å². The van der Waals surface area contributed by atoms with Crippen LogP contribution in [-0.2, 0) is 16.0 Å². The average molecular weight is 326 g/mol. The van der Waals surface area contributed by atoms with Gasteiger partial charge >= 0.3 is 6.03 Å². The normalized spacial score (nSPS) is 25.3. The SMILES string of the molecule is O=C1CC(=O)N(C2CCCc3ccccc32)C(=O)N1C1CCCC1. The van der Waals surface area contributed by atoms with Crippen molar-refractivity contribution in [1.82, 2.24) is 9.80 Å². The summed E-state index contributed by atoms with van der Waals surface area (Å²) in [6.07, 6.45) is 6.35. The number of rotatable bonds is 2. The predicted octanol–water partition coefficient (Wildman–Crippen LogP) is 3.19. The molecule has 0 bridgehead atoms. The molecule has 1 heterocycles. The molecule has 1 unspecified atom stereocenters. The molecule has 1 saturated carbocycles. The highest BCUT2D eigenvalue weighted by Crippen LogP contribution is 2.37. The summed E-state index contributed by atoms with van der Waals surface area (Å²) in [4.78, 5) is 40.7. The van der Waals surface area contributed by atoms with Gasteiger partial charge in [0, 0.05) is 6.04 Å². The second kappa shape index (κ2) is 6.04. The molecule has 2 aliphatic carbocycles. The van der Waals surface area contributed by atoms with Crippen LogP contribution in [-0.4, -0.2) is 33.7 Å². The third-order valence-electron chi connectivity index (χ3n) is 5.59. The van der Waals surface area contributed by atoms with Gasteiger partial charge in [-0.2, -0.15) is 0 Å². The van der Waals surface area contributed by atoms with Crippen LogP contribution < -0.4 is 0 Å². The monoisotopic (exact) mass is 326 g/mol. The van der Waals surface area contributed by atoms with Gasteiger partial charge in [0.25, 0.3) is 0 Å². The lowest BCUT2D eigenvalue weighted by Gasteiger charge is -2.41. The minimum atomic E-state index is -0.398. The maximum atomic E-state index is 13.1. The molecule has 0 radical (unpaired) electrons. The van der Waals surface area contributed by atoms with Crippen LogP contribution in [0.3, 0.4) is 0 Å². The summed E-state index contributed by atoms with van der Waals surface area (Å²) in [5, 5.41) is 0. The number of benzene rings is 1. The van der Waals surface area contributed by atoms with E-state index in [4.69, 9.17) is 0 Å². The minimum Gasteiger partial charge on any atom is -0.274 e. The Kier molecular flexibility index (Phi) is 3.87. The fraction of sp³-hybridized carbons (Fsp3) is 0.526. The molecule has 0 aromatic heterocycles. The topological polar surface area (TPSA) is 57.7 Å². The van der Waals surface area contributed by atoms with Crippen LogP contribution in [0, 0.1) is 0 Å². The minimum absolute atomic E-state index is 0.0283. The summed E-state index contributed by atoms with van der Waals surface area (Å²) < 4.78 is 0. The highest BCUT2D eigenvalue weighted by Gasteiger charge is 2.45. The van der Waals surface area contributed by atoms with E-state index in [9.17, 15) is 14.4 Å². The molecule has 5 heteroatoms. The summed E-state index contributed by atoms with van der Waals surface area (Å²) in [7, 11) is 0. The van der Waals surface area contributed by atoms with Gasteiger partial charge in [0.15, 0.2) is 0 Å². The smallest absolute Gasteiger partial charge is 0.274 e. The maximum Gasteiger partial charge on any atom is 0.334 e. The van der Waals surface area contributed by atoms with Crippen LogP contribution >= 0.6 is 0 Å². The van der Waals surface area contributed by atoms with E-state index in [2.05, 4.69) is 6.07 Å². The molecule has 126 valence electrons. The van der Waals surface area contributed by atoms with Crippen molar-refractivity contribution in [3.63, 3.8) is 0 Å². The largest absolute Gasteiger partial charge is 0.334 e. The lowest BCUT2D eigenvalue weighted by molar-refractivity contribution is -0.145. The highest BCUT2D eigenvalue weighted by atomic mass is 16.2. The molecule has 5 nitrogen and oxygen atoms in total. The van der Waals surface area contributed by atoms with Crippen molar-refractivity contribution in [2.24, 2.45) is 0 Å². The molecule has 1 aromatic rings. The van der Waals surface area contributed by atoms with Gasteiger partial charge in [-0.1, -0.05) is 37.1 Å². The molecule has 0 N–H and O–H groups in total. The molecule has 0 spiro atoms. The molecule has 1 aliphatic heterocycles. The van der Waals surface area contributed by atoms with Crippen molar-refractivity contribution in [2.75, 3.05) is 0 Å². The van der Waals surface area contributed by atoms with Crippen molar-refractivity contribution in [3.05, 3.63) is 35.4 Å². The number of nitrogens with zero attached hydrogens (tertiary/aromatic N) is 2. The Balaban J connectivity index is 1.68. The van der Waals surface area contributed by atoms with Crippen molar-refractivity contribution < 1.29 is 14.4 Å². The zero-order valence-corrected chi connectivity index (χ0v) is 13.7. The van der Waals surface area contributed by atoms with E-state index >= 15 is 0 Å². The number of carbonyl (C=O) groups is 3. The first kappa shape index (κ1) is 15.4. The Morgan fingerprint density at radius 1 is 0.833 bits per heavy atom. The molecular formula is C19H22N2O3. The van der Waals surface area contributed by atoms with E-state index in [1.165, 1.54) is 15.4 Å². The van der Waals surface area contributed by atoms with Crippen LogP contribution in [0.1, 0.15) is 62.1 Å². The van der Waals surface area contributed by atoms with Crippen LogP contribution in [0.4, 0.5) is 4.79 Å². The molecular weight excluding hydrogens is 304 g/mol. The zero-order chi connectivity index (χ0) is 16.7. The number of barbiturate groups is 1. The van der Waals surface area contributed by atoms with Crippen LogP contribution in [0.15, 0.2) is 24.3 Å². The Hall–Kier alpha value is -2.17. The quantitative estimate of drug-likeness (QED) is 0.784. The van der Waals surface area contributed by atoms with E-state index < -0.39 is 6.03 Å². The van der Waals surface area contributed by atoms with Crippen molar-refractivity contribution >= 4 is 17.8 Å². The number of urea groups is 1. The van der Waals surface area contributed by atoms with Gasteiger partial charge in [0.05, 0.1) is 6.04 Å². The molecule has 1 aromatic carbocycles. The zero-order valence-electron chi connectivity index (χ0n) is 13.7. The Labute approximate surface area is 141 Å². The van der Waals surface area contributed by atoms with Crippen molar-refractivity contribution in [1.29, 1.82) is 0 Å². The molecule has 1 saturated heterocycles. The van der Waals surface area contributed by atoms with Gasteiger partial charge < -0.3 is 0 Å². The first-order chi connectivity index (χ1) is 11.7. The summed E-state index contributed by atoms with van der Waals surface area (Å²) in [6.45, 7) is 0. The maximum absolute atomic E-state index is 13.1. The fourth-order valence-corrected chi connectivity index (χ4v) is 4.46. The molecule has 3 aliphatic rings. The van der Waals surface area contributed by atoms with Gasteiger partial charge in [0.2, 0.25) is 11.8 Å². The van der Waals surface area contributed by atoms with Crippen LogP contribution in [0.5, 0.6) is 0 Å². The Morgan fingerprint density at radius 2 is 1.54 bits per heavy atom. The number of hydrogen-bond donors (Lipinski definition) is 0. The summed E-state index contributed by atoms with van der Waals surface area (Å²) in [5.74, 6) is -0.668. The summed E-state index contributed by atoms with van der Waals surface area (Å²) in [6, 6.07) is 7.37. The summed E-state index contributed by atoms with van der Waals surface area (Å²) in [5.41, 5.74) is 2.27. The van der Waals surface area contributed by atoms with E-state index in [0.29, 0.717) is 0 Å². The number of imide groups is 2. The van der Waals surface area contributed by atoms with Crippen molar-refractivity contribution in [2.45, 2.75) is 63.5 Å². The summed E-state index contributed by atoms with van der Waals surface area (Å²) >= 11 is 0.